The summed E-state index contributed by atoms with van der Waals surface area (Å²) < 4.78 is 33.3. The molecule has 1 N–H and O–H groups in total. The van der Waals surface area contributed by atoms with Gasteiger partial charge in [0.1, 0.15) is 12.4 Å². The monoisotopic (exact) mass is 398 g/mol. The highest BCUT2D eigenvalue weighted by atomic mass is 32.2. The summed E-state index contributed by atoms with van der Waals surface area (Å²) in [5, 5.41) is 3.34. The predicted octanol–water partition coefficient (Wildman–Crippen LogP) is 3.16. The molecule has 0 aliphatic carbocycles. The van der Waals surface area contributed by atoms with Gasteiger partial charge in [-0.2, -0.15) is 4.31 Å². The molecule has 0 atom stereocenters. The Kier molecular flexibility index (Phi) is 7.10. The fourth-order valence-electron chi connectivity index (χ4n) is 3.39. The SMILES string of the molecule is C#CCOc1ccccc1CNCc1ccccc1S(=O)(=O)N1CCCCC1. The average molecular weight is 399 g/mol. The van der Waals surface area contributed by atoms with Crippen molar-refractivity contribution in [3.05, 3.63) is 59.7 Å². The summed E-state index contributed by atoms with van der Waals surface area (Å²) in [5.41, 5.74) is 1.75. The highest BCUT2D eigenvalue weighted by Crippen LogP contribution is 2.24. The molecule has 0 bridgehead atoms. The molecule has 0 saturated carbocycles. The maximum atomic E-state index is 13.1. The van der Waals surface area contributed by atoms with E-state index < -0.39 is 10.0 Å². The lowest BCUT2D eigenvalue weighted by molar-refractivity contribution is 0.346. The quantitative estimate of drug-likeness (QED) is 0.694. The van der Waals surface area contributed by atoms with Gasteiger partial charge in [0.15, 0.2) is 0 Å². The molecule has 6 heteroatoms. The molecule has 1 heterocycles. The Balaban J connectivity index is 1.70. The molecule has 0 amide bonds. The molecule has 3 rings (SSSR count). The highest BCUT2D eigenvalue weighted by molar-refractivity contribution is 7.89. The fraction of sp³-hybridized carbons (Fsp3) is 0.364. The van der Waals surface area contributed by atoms with Crippen molar-refractivity contribution < 1.29 is 13.2 Å². The van der Waals surface area contributed by atoms with Crippen LogP contribution < -0.4 is 10.1 Å². The molecule has 2 aromatic rings. The first-order valence-corrected chi connectivity index (χ1v) is 11.0. The van der Waals surface area contributed by atoms with Crippen LogP contribution in [0.25, 0.3) is 0 Å². The zero-order valence-electron chi connectivity index (χ0n) is 15.9. The summed E-state index contributed by atoms with van der Waals surface area (Å²) in [7, 11) is -3.46. The van der Waals surface area contributed by atoms with Gasteiger partial charge in [0.2, 0.25) is 10.0 Å². The number of benzene rings is 2. The van der Waals surface area contributed by atoms with Crippen LogP contribution in [0.2, 0.25) is 0 Å². The number of nitrogens with zero attached hydrogens (tertiary/aromatic N) is 1. The van der Waals surface area contributed by atoms with Crippen LogP contribution in [0.1, 0.15) is 30.4 Å². The largest absolute Gasteiger partial charge is 0.481 e. The van der Waals surface area contributed by atoms with Crippen molar-refractivity contribution in [2.75, 3.05) is 19.7 Å². The zero-order valence-corrected chi connectivity index (χ0v) is 16.7. The summed E-state index contributed by atoms with van der Waals surface area (Å²) in [6.07, 6.45) is 8.21. The minimum absolute atomic E-state index is 0.216. The Hall–Kier alpha value is -2.33. The Morgan fingerprint density at radius 2 is 1.61 bits per heavy atom. The van der Waals surface area contributed by atoms with E-state index in [0.29, 0.717) is 31.1 Å². The summed E-state index contributed by atoms with van der Waals surface area (Å²) >= 11 is 0. The minimum Gasteiger partial charge on any atom is -0.481 e. The van der Waals surface area contributed by atoms with Crippen LogP contribution in [-0.4, -0.2) is 32.4 Å². The van der Waals surface area contributed by atoms with Gasteiger partial charge >= 0.3 is 0 Å². The third kappa shape index (κ3) is 4.93. The lowest BCUT2D eigenvalue weighted by Gasteiger charge is -2.26. The molecular weight excluding hydrogens is 372 g/mol. The molecule has 1 saturated heterocycles. The molecule has 0 spiro atoms. The van der Waals surface area contributed by atoms with Crippen LogP contribution in [0.3, 0.4) is 0 Å². The van der Waals surface area contributed by atoms with Gasteiger partial charge in [-0.25, -0.2) is 8.42 Å². The zero-order chi connectivity index (χ0) is 19.8. The smallest absolute Gasteiger partial charge is 0.243 e. The first-order chi connectivity index (χ1) is 13.6. The van der Waals surface area contributed by atoms with Crippen molar-refractivity contribution >= 4 is 10.0 Å². The van der Waals surface area contributed by atoms with Gasteiger partial charge in [-0.1, -0.05) is 48.7 Å². The van der Waals surface area contributed by atoms with Crippen LogP contribution in [0, 0.1) is 12.3 Å². The Labute approximate surface area is 167 Å². The number of sulfonamides is 1. The van der Waals surface area contributed by atoms with Crippen LogP contribution in [0.4, 0.5) is 0 Å². The van der Waals surface area contributed by atoms with Gasteiger partial charge in [0.05, 0.1) is 4.90 Å². The Bertz CT molecular complexity index is 929. The molecule has 0 unspecified atom stereocenters. The average Bonchev–Trinajstić information content (AvgIpc) is 2.74. The molecule has 28 heavy (non-hydrogen) atoms. The van der Waals surface area contributed by atoms with E-state index in [1.807, 2.05) is 36.4 Å². The van der Waals surface area contributed by atoms with Gasteiger partial charge in [-0.15, -0.1) is 6.42 Å². The van der Waals surface area contributed by atoms with E-state index in [-0.39, 0.29) is 6.61 Å². The van der Waals surface area contributed by atoms with Gasteiger partial charge < -0.3 is 10.1 Å². The number of hydrogen-bond donors (Lipinski definition) is 1. The third-order valence-electron chi connectivity index (χ3n) is 4.82. The number of rotatable bonds is 8. The highest BCUT2D eigenvalue weighted by Gasteiger charge is 2.27. The van der Waals surface area contributed by atoms with Crippen LogP contribution in [0.5, 0.6) is 5.75 Å². The van der Waals surface area contributed by atoms with Gasteiger partial charge in [-0.05, 0) is 30.5 Å². The van der Waals surface area contributed by atoms with Gasteiger partial charge in [-0.3, -0.25) is 0 Å². The number of para-hydroxylation sites is 1. The fourth-order valence-corrected chi connectivity index (χ4v) is 5.13. The lowest BCUT2D eigenvalue weighted by Crippen LogP contribution is -2.36. The first kappa shape index (κ1) is 20.4. The molecule has 5 nitrogen and oxygen atoms in total. The molecule has 0 aromatic heterocycles. The molecule has 1 aliphatic heterocycles. The second-order valence-corrected chi connectivity index (χ2v) is 8.68. The second kappa shape index (κ2) is 9.74. The van der Waals surface area contributed by atoms with Crippen molar-refractivity contribution in [2.24, 2.45) is 0 Å². The Morgan fingerprint density at radius 1 is 0.964 bits per heavy atom. The van der Waals surface area contributed by atoms with Crippen molar-refractivity contribution in [2.45, 2.75) is 37.2 Å². The van der Waals surface area contributed by atoms with E-state index in [1.165, 1.54) is 0 Å². The van der Waals surface area contributed by atoms with E-state index in [1.54, 1.807) is 16.4 Å². The van der Waals surface area contributed by atoms with E-state index in [9.17, 15) is 8.42 Å². The van der Waals surface area contributed by atoms with Crippen molar-refractivity contribution in [3.63, 3.8) is 0 Å². The first-order valence-electron chi connectivity index (χ1n) is 9.56. The number of ether oxygens (including phenoxy) is 1. The standard InChI is InChI=1S/C22H26N2O3S/c1-2-16-27-21-12-6-4-10-19(21)17-23-18-20-11-5-7-13-22(20)28(25,26)24-14-8-3-9-15-24/h1,4-7,10-13,23H,3,8-9,14-18H2. The van der Waals surface area contributed by atoms with Crippen LogP contribution in [-0.2, 0) is 23.1 Å². The maximum Gasteiger partial charge on any atom is 0.243 e. The molecule has 2 aromatic carbocycles. The van der Waals surface area contributed by atoms with E-state index in [0.717, 1.165) is 36.1 Å². The number of piperidine rings is 1. The third-order valence-corrected chi connectivity index (χ3v) is 6.82. The molecular formula is C22H26N2O3S. The lowest BCUT2D eigenvalue weighted by atomic mass is 10.2. The second-order valence-electron chi connectivity index (χ2n) is 6.78. The van der Waals surface area contributed by atoms with E-state index >= 15 is 0 Å². The normalized spacial score (nSPS) is 15.1. The molecule has 1 aliphatic rings. The Morgan fingerprint density at radius 3 is 2.36 bits per heavy atom. The van der Waals surface area contributed by atoms with Crippen LogP contribution >= 0.6 is 0 Å². The number of terminal acetylenes is 1. The minimum atomic E-state index is -3.46. The molecule has 1 fully saturated rings. The molecule has 148 valence electrons. The summed E-state index contributed by atoms with van der Waals surface area (Å²) in [6, 6.07) is 14.9. The summed E-state index contributed by atoms with van der Waals surface area (Å²) in [6.45, 7) is 2.42. The van der Waals surface area contributed by atoms with Crippen molar-refractivity contribution in [1.29, 1.82) is 0 Å². The number of nitrogens with one attached hydrogen (secondary N) is 1. The molecule has 0 radical (unpaired) electrons. The van der Waals surface area contributed by atoms with Gasteiger partial charge in [0, 0.05) is 31.7 Å². The predicted molar refractivity (Wildman–Crippen MR) is 110 cm³/mol. The topological polar surface area (TPSA) is 58.6 Å². The van der Waals surface area contributed by atoms with Crippen molar-refractivity contribution in [1.82, 2.24) is 9.62 Å². The summed E-state index contributed by atoms with van der Waals surface area (Å²) in [4.78, 5) is 0.390. The summed E-state index contributed by atoms with van der Waals surface area (Å²) in [5.74, 6) is 3.20. The maximum absolute atomic E-state index is 13.1. The number of hydrogen-bond acceptors (Lipinski definition) is 4. The van der Waals surface area contributed by atoms with Crippen LogP contribution in [0.15, 0.2) is 53.4 Å². The van der Waals surface area contributed by atoms with Gasteiger partial charge in [0.25, 0.3) is 0 Å². The van der Waals surface area contributed by atoms with Crippen molar-refractivity contribution in [3.8, 4) is 18.1 Å². The van der Waals surface area contributed by atoms with E-state index in [2.05, 4.69) is 11.2 Å². The van der Waals surface area contributed by atoms with E-state index in [4.69, 9.17) is 11.2 Å².